The van der Waals surface area contributed by atoms with Crippen molar-refractivity contribution in [2.24, 2.45) is 0 Å². The summed E-state index contributed by atoms with van der Waals surface area (Å²) in [5.41, 5.74) is -2.54. The molecule has 12 heteroatoms. The predicted molar refractivity (Wildman–Crippen MR) is 113 cm³/mol. The van der Waals surface area contributed by atoms with Gasteiger partial charge in [0.05, 0.1) is 11.1 Å². The van der Waals surface area contributed by atoms with Crippen LogP contribution in [-0.2, 0) is 25.2 Å². The molecule has 0 fully saturated rings. The zero-order valence-electron chi connectivity index (χ0n) is 16.2. The largest absolute Gasteiger partial charge is 0.419 e. The van der Waals surface area contributed by atoms with Gasteiger partial charge in [-0.15, -0.1) is 11.6 Å². The van der Waals surface area contributed by atoms with Crippen molar-refractivity contribution in [3.8, 4) is 0 Å². The monoisotopic (exact) mass is 618 g/mol. The molecule has 0 spiro atoms. The number of alkyl halides is 7. The van der Waals surface area contributed by atoms with Crippen molar-refractivity contribution in [1.29, 1.82) is 0 Å². The van der Waals surface area contributed by atoms with Crippen molar-refractivity contribution in [2.45, 2.75) is 38.0 Å². The van der Waals surface area contributed by atoms with Gasteiger partial charge in [-0.25, -0.2) is 8.78 Å². The van der Waals surface area contributed by atoms with Gasteiger partial charge in [0.2, 0.25) is 0 Å². The Kier molecular flexibility index (Phi) is 11.4. The quantitative estimate of drug-likeness (QED) is 0.255. The molecule has 0 saturated carbocycles. The average molecular weight is 621 g/mol. The molecule has 0 atom stereocenters. The highest BCUT2D eigenvalue weighted by Gasteiger charge is 2.36. The van der Waals surface area contributed by atoms with E-state index in [2.05, 4.69) is 31.9 Å². The number of aliphatic hydroxyl groups is 1. The average Bonchev–Trinajstić information content (AvgIpc) is 2.66. The molecule has 2 rings (SSSR count). The van der Waals surface area contributed by atoms with Crippen LogP contribution in [0, 0.1) is 11.6 Å². The van der Waals surface area contributed by atoms with Gasteiger partial charge in [0.15, 0.2) is 0 Å². The second kappa shape index (κ2) is 12.5. The lowest BCUT2D eigenvalue weighted by Gasteiger charge is -2.12. The zero-order valence-corrected chi connectivity index (χ0v) is 20.1. The first-order chi connectivity index (χ1) is 14.8. The molecule has 0 radical (unpaired) electrons. The van der Waals surface area contributed by atoms with E-state index in [1.54, 1.807) is 0 Å². The highest BCUT2D eigenvalue weighted by Crippen LogP contribution is 2.36. The minimum atomic E-state index is -4.70. The summed E-state index contributed by atoms with van der Waals surface area (Å²) < 4.78 is 102. The van der Waals surface area contributed by atoms with Crippen LogP contribution in [0.3, 0.4) is 0 Å². The molecule has 32 heavy (non-hydrogen) atoms. The standard InChI is InChI=1S/C10H8BrClF4.C10H9BrF4O/c11-8-4-3-7(10(14,15)16)9(13)6(8)2-1-5-12;11-8-4-3-7(10(13,14)15)9(12)6(8)2-1-5-16/h3-4H,1-2,5H2;3-4,16H,1-2,5H2. The Morgan fingerprint density at radius 3 is 1.41 bits per heavy atom. The van der Waals surface area contributed by atoms with Crippen molar-refractivity contribution in [3.63, 3.8) is 0 Å². The van der Waals surface area contributed by atoms with Crippen LogP contribution in [0.4, 0.5) is 35.1 Å². The molecule has 1 nitrogen and oxygen atoms in total. The summed E-state index contributed by atoms with van der Waals surface area (Å²) in [6.45, 7) is -0.192. The summed E-state index contributed by atoms with van der Waals surface area (Å²) in [6, 6.07) is 3.79. The third-order valence-corrected chi connectivity index (χ3v) is 5.88. The van der Waals surface area contributed by atoms with E-state index in [-0.39, 0.29) is 47.3 Å². The summed E-state index contributed by atoms with van der Waals surface area (Å²) in [6.07, 6.45) is -8.47. The fourth-order valence-electron chi connectivity index (χ4n) is 2.59. The topological polar surface area (TPSA) is 20.2 Å². The van der Waals surface area contributed by atoms with E-state index in [1.165, 1.54) is 12.1 Å². The lowest BCUT2D eigenvalue weighted by Crippen LogP contribution is -2.10. The third kappa shape index (κ3) is 8.14. The number of hydrogen-bond acceptors (Lipinski definition) is 1. The minimum absolute atomic E-state index is 0.0236. The normalized spacial score (nSPS) is 11.9. The van der Waals surface area contributed by atoms with Crippen LogP contribution in [0.2, 0.25) is 0 Å². The molecule has 0 aliphatic heterocycles. The maximum atomic E-state index is 13.6. The molecule has 0 aliphatic rings. The van der Waals surface area contributed by atoms with Gasteiger partial charge in [-0.3, -0.25) is 0 Å². The Balaban J connectivity index is 0.000000320. The molecule has 0 heterocycles. The van der Waals surface area contributed by atoms with E-state index in [9.17, 15) is 35.1 Å². The maximum Gasteiger partial charge on any atom is 0.419 e. The first-order valence-corrected chi connectivity index (χ1v) is 11.1. The van der Waals surface area contributed by atoms with Crippen LogP contribution in [0.5, 0.6) is 0 Å². The Bertz CT molecular complexity index is 827. The second-order valence-electron chi connectivity index (χ2n) is 6.39. The zero-order chi connectivity index (χ0) is 24.7. The Hall–Kier alpha value is -0.910. The number of halogens is 11. The van der Waals surface area contributed by atoms with Crippen molar-refractivity contribution in [3.05, 3.63) is 67.1 Å². The molecule has 0 amide bonds. The Morgan fingerprint density at radius 2 is 1.09 bits per heavy atom. The Labute approximate surface area is 201 Å². The van der Waals surface area contributed by atoms with Gasteiger partial charge >= 0.3 is 12.4 Å². The fourth-order valence-corrected chi connectivity index (χ4v) is 3.73. The highest BCUT2D eigenvalue weighted by atomic mass is 79.9. The van der Waals surface area contributed by atoms with Gasteiger partial charge in [0.25, 0.3) is 0 Å². The molecular formula is C20H17Br2ClF8O. The van der Waals surface area contributed by atoms with Crippen LogP contribution in [0.1, 0.15) is 35.1 Å². The SMILES string of the molecule is Fc1c(C(F)(F)F)ccc(Br)c1CCCCl.OCCCc1c(Br)ccc(C(F)(F)F)c1F. The van der Waals surface area contributed by atoms with Gasteiger partial charge < -0.3 is 5.11 Å². The molecule has 0 saturated heterocycles. The summed E-state index contributed by atoms with van der Waals surface area (Å²) >= 11 is 11.4. The van der Waals surface area contributed by atoms with Crippen molar-refractivity contribution < 1.29 is 40.2 Å². The van der Waals surface area contributed by atoms with Gasteiger partial charge in [-0.2, -0.15) is 26.3 Å². The minimum Gasteiger partial charge on any atom is -0.396 e. The molecule has 2 aromatic rings. The van der Waals surface area contributed by atoms with Crippen LogP contribution in [0.15, 0.2) is 33.2 Å². The summed E-state index contributed by atoms with van der Waals surface area (Å²) in [4.78, 5) is 0. The fraction of sp³-hybridized carbons (Fsp3) is 0.400. The lowest BCUT2D eigenvalue weighted by molar-refractivity contribution is -0.140. The summed E-state index contributed by atoms with van der Waals surface area (Å²) in [5, 5.41) is 8.58. The van der Waals surface area contributed by atoms with E-state index >= 15 is 0 Å². The van der Waals surface area contributed by atoms with Gasteiger partial charge in [0.1, 0.15) is 11.6 Å². The first-order valence-electron chi connectivity index (χ1n) is 9.00. The second-order valence-corrected chi connectivity index (χ2v) is 8.48. The van der Waals surface area contributed by atoms with Crippen molar-refractivity contribution in [2.75, 3.05) is 12.5 Å². The third-order valence-electron chi connectivity index (χ3n) is 4.13. The van der Waals surface area contributed by atoms with Gasteiger partial charge in [-0.1, -0.05) is 31.9 Å². The van der Waals surface area contributed by atoms with E-state index in [0.29, 0.717) is 17.0 Å². The molecule has 0 aliphatic carbocycles. The summed E-state index contributed by atoms with van der Waals surface area (Å²) in [5.74, 6) is -2.20. The lowest BCUT2D eigenvalue weighted by atomic mass is 10.1. The van der Waals surface area contributed by atoms with Crippen LogP contribution < -0.4 is 0 Å². The molecule has 0 bridgehead atoms. The van der Waals surface area contributed by atoms with Gasteiger partial charge in [0, 0.05) is 32.6 Å². The van der Waals surface area contributed by atoms with Crippen molar-refractivity contribution in [1.82, 2.24) is 0 Å². The first kappa shape index (κ1) is 29.1. The number of hydrogen-bond donors (Lipinski definition) is 1. The molecule has 0 unspecified atom stereocenters. The van der Waals surface area contributed by atoms with E-state index < -0.39 is 35.1 Å². The molecule has 2 aromatic carbocycles. The molecule has 0 aromatic heterocycles. The Morgan fingerprint density at radius 1 is 0.719 bits per heavy atom. The van der Waals surface area contributed by atoms with Crippen LogP contribution in [0.25, 0.3) is 0 Å². The van der Waals surface area contributed by atoms with E-state index in [1.807, 2.05) is 0 Å². The highest BCUT2D eigenvalue weighted by molar-refractivity contribution is 9.10. The molecular weight excluding hydrogens is 603 g/mol. The predicted octanol–water partition coefficient (Wildman–Crippen LogP) is 8.31. The van der Waals surface area contributed by atoms with E-state index in [0.717, 1.165) is 6.07 Å². The van der Waals surface area contributed by atoms with Crippen LogP contribution in [-0.4, -0.2) is 17.6 Å². The maximum absolute atomic E-state index is 13.6. The molecule has 180 valence electrons. The van der Waals surface area contributed by atoms with Gasteiger partial charge in [-0.05, 0) is 49.9 Å². The molecule has 1 N–H and O–H groups in total. The van der Waals surface area contributed by atoms with E-state index in [4.69, 9.17) is 16.7 Å². The van der Waals surface area contributed by atoms with Crippen molar-refractivity contribution >= 4 is 43.5 Å². The number of rotatable bonds is 6. The number of aliphatic hydroxyl groups excluding tert-OH is 1. The smallest absolute Gasteiger partial charge is 0.396 e. The summed E-state index contributed by atoms with van der Waals surface area (Å²) in [7, 11) is 0. The van der Waals surface area contributed by atoms with Crippen LogP contribution >= 0.6 is 43.5 Å². The number of benzene rings is 2.